The number of thiazole rings is 1. The van der Waals surface area contributed by atoms with Gasteiger partial charge in [-0.3, -0.25) is 9.52 Å². The Morgan fingerprint density at radius 3 is 2.51 bits per heavy atom. The van der Waals surface area contributed by atoms with Crippen LogP contribution >= 0.6 is 11.3 Å². The number of amides is 1. The van der Waals surface area contributed by atoms with E-state index in [1.54, 1.807) is 31.4 Å². The first-order valence-corrected chi connectivity index (χ1v) is 12.9. The molecule has 2 heterocycles. The molecule has 2 aromatic heterocycles. The van der Waals surface area contributed by atoms with Crippen LogP contribution in [-0.2, 0) is 20.2 Å². The number of hydrogen-bond acceptors (Lipinski definition) is 7. The quantitative estimate of drug-likeness (QED) is 0.431. The molecule has 2 N–H and O–H groups in total. The lowest BCUT2D eigenvalue weighted by molar-refractivity contribution is -0.274. The molecule has 1 fully saturated rings. The van der Waals surface area contributed by atoms with E-state index in [1.807, 2.05) is 0 Å². The lowest BCUT2D eigenvalue weighted by Gasteiger charge is -2.21. The summed E-state index contributed by atoms with van der Waals surface area (Å²) in [4.78, 5) is 21.4. The van der Waals surface area contributed by atoms with Crippen LogP contribution in [0.15, 0.2) is 48.0 Å². The number of rotatable bonds is 8. The first-order valence-electron chi connectivity index (χ1n) is 10.4. The second kappa shape index (κ2) is 9.11. The Bertz CT molecular complexity index is 1340. The molecule has 35 heavy (non-hydrogen) atoms. The zero-order chi connectivity index (χ0) is 25.4. The molecule has 4 rings (SSSR count). The molecule has 0 radical (unpaired) electrons. The van der Waals surface area contributed by atoms with Crippen molar-refractivity contribution in [1.82, 2.24) is 9.97 Å². The number of hydrogen-bond donors (Lipinski definition) is 2. The van der Waals surface area contributed by atoms with Crippen molar-refractivity contribution in [1.29, 1.82) is 0 Å². The number of sulfonamides is 1. The average Bonchev–Trinajstić information content (AvgIpc) is 3.54. The highest BCUT2D eigenvalue weighted by Gasteiger charge is 2.37. The average molecular weight is 527 g/mol. The van der Waals surface area contributed by atoms with Crippen molar-refractivity contribution in [3.8, 4) is 16.9 Å². The molecule has 3 aromatic rings. The lowest BCUT2D eigenvalue weighted by atomic mass is 9.89. The first kappa shape index (κ1) is 24.9. The van der Waals surface area contributed by atoms with E-state index in [-0.39, 0.29) is 21.9 Å². The number of halogens is 3. The fraction of sp³-hybridized carbons (Fsp3) is 0.318. The number of alkyl halides is 3. The van der Waals surface area contributed by atoms with Gasteiger partial charge in [-0.25, -0.2) is 18.4 Å². The molecule has 1 aliphatic carbocycles. The van der Waals surface area contributed by atoms with Gasteiger partial charge in [0.2, 0.25) is 15.9 Å². The van der Waals surface area contributed by atoms with Crippen molar-refractivity contribution < 1.29 is 31.1 Å². The predicted molar refractivity (Wildman–Crippen MR) is 126 cm³/mol. The standard InChI is InChI=1S/C22H21F3N4O4S2/c1-21(2,17-12-34-20(27-17)29-35(31,32)16-7-8-16)19(30)28-18-9-6-14(11-26-18)13-4-3-5-15(10-13)33-22(23,24)25/h3-6,9-12,16H,7-8H2,1-2H3,(H,27,29)(H,26,28,30). The number of nitrogens with one attached hydrogen (secondary N) is 2. The minimum atomic E-state index is -4.79. The summed E-state index contributed by atoms with van der Waals surface area (Å²) in [7, 11) is -3.46. The molecule has 13 heteroatoms. The zero-order valence-corrected chi connectivity index (χ0v) is 20.2. The van der Waals surface area contributed by atoms with Crippen LogP contribution in [0.3, 0.4) is 0 Å². The molecule has 0 saturated heterocycles. The van der Waals surface area contributed by atoms with Crippen LogP contribution in [0.2, 0.25) is 0 Å². The Morgan fingerprint density at radius 1 is 1.14 bits per heavy atom. The largest absolute Gasteiger partial charge is 0.573 e. The van der Waals surface area contributed by atoms with E-state index in [4.69, 9.17) is 0 Å². The van der Waals surface area contributed by atoms with Crippen LogP contribution in [0, 0.1) is 0 Å². The maximum Gasteiger partial charge on any atom is 0.573 e. The smallest absolute Gasteiger partial charge is 0.406 e. The minimum absolute atomic E-state index is 0.201. The van der Waals surface area contributed by atoms with Crippen molar-refractivity contribution in [2.24, 2.45) is 0 Å². The number of ether oxygens (including phenoxy) is 1. The second-order valence-corrected chi connectivity index (χ2v) is 11.3. The van der Waals surface area contributed by atoms with Crippen molar-refractivity contribution in [2.75, 3.05) is 10.0 Å². The highest BCUT2D eigenvalue weighted by Crippen LogP contribution is 2.33. The Labute approximate surface area is 203 Å². The third kappa shape index (κ3) is 6.09. The maximum atomic E-state index is 12.9. The number of pyridine rings is 1. The predicted octanol–water partition coefficient (Wildman–Crippen LogP) is 4.92. The van der Waals surface area contributed by atoms with E-state index in [0.29, 0.717) is 29.7 Å². The summed E-state index contributed by atoms with van der Waals surface area (Å²) >= 11 is 1.10. The Morgan fingerprint density at radius 2 is 1.89 bits per heavy atom. The summed E-state index contributed by atoms with van der Waals surface area (Å²) < 4.78 is 68.0. The number of aromatic nitrogens is 2. The number of carbonyl (C=O) groups excluding carboxylic acids is 1. The van der Waals surface area contributed by atoms with Crippen LogP contribution in [0.1, 0.15) is 32.4 Å². The van der Waals surface area contributed by atoms with E-state index >= 15 is 0 Å². The van der Waals surface area contributed by atoms with E-state index < -0.39 is 27.7 Å². The number of carbonyl (C=O) groups is 1. The second-order valence-electron chi connectivity index (χ2n) is 8.47. The van der Waals surface area contributed by atoms with Gasteiger partial charge in [-0.15, -0.1) is 24.5 Å². The molecule has 1 aromatic carbocycles. The van der Waals surface area contributed by atoms with E-state index in [9.17, 15) is 26.4 Å². The molecule has 1 aliphatic rings. The molecule has 0 spiro atoms. The number of anilines is 2. The van der Waals surface area contributed by atoms with Crippen LogP contribution < -0.4 is 14.8 Å². The molecule has 0 unspecified atom stereocenters. The molecule has 186 valence electrons. The summed E-state index contributed by atoms with van der Waals surface area (Å²) in [6.45, 7) is 3.30. The summed E-state index contributed by atoms with van der Waals surface area (Å²) in [5.41, 5.74) is 0.290. The molecular weight excluding hydrogens is 505 g/mol. The molecule has 0 atom stereocenters. The summed E-state index contributed by atoms with van der Waals surface area (Å²) in [5.74, 6) is -0.532. The Kier molecular flexibility index (Phi) is 6.49. The Balaban J connectivity index is 1.43. The van der Waals surface area contributed by atoms with Gasteiger partial charge in [0.15, 0.2) is 5.13 Å². The van der Waals surface area contributed by atoms with Crippen LogP contribution in [-0.4, -0.2) is 35.9 Å². The third-order valence-electron chi connectivity index (χ3n) is 5.31. The summed E-state index contributed by atoms with van der Waals surface area (Å²) in [6, 6.07) is 8.61. The Hall–Kier alpha value is -3.19. The van der Waals surface area contributed by atoms with Gasteiger partial charge in [-0.1, -0.05) is 12.1 Å². The van der Waals surface area contributed by atoms with E-state index in [2.05, 4.69) is 24.7 Å². The monoisotopic (exact) mass is 526 g/mol. The fourth-order valence-electron chi connectivity index (χ4n) is 3.09. The van der Waals surface area contributed by atoms with Crippen LogP contribution in [0.5, 0.6) is 5.75 Å². The molecule has 1 saturated carbocycles. The van der Waals surface area contributed by atoms with Gasteiger partial charge < -0.3 is 10.1 Å². The molecular formula is C22H21F3N4O4S2. The zero-order valence-electron chi connectivity index (χ0n) is 18.6. The van der Waals surface area contributed by atoms with Crippen molar-refractivity contribution >= 4 is 38.2 Å². The van der Waals surface area contributed by atoms with Crippen molar-refractivity contribution in [3.63, 3.8) is 0 Å². The summed E-state index contributed by atoms with van der Waals surface area (Å²) in [6.07, 6.45) is -2.12. The lowest BCUT2D eigenvalue weighted by Crippen LogP contribution is -2.35. The number of nitrogens with zero attached hydrogens (tertiary/aromatic N) is 2. The fourth-order valence-corrected chi connectivity index (χ4v) is 5.57. The molecule has 0 aliphatic heterocycles. The van der Waals surface area contributed by atoms with E-state index in [1.165, 1.54) is 30.5 Å². The third-order valence-corrected chi connectivity index (χ3v) is 8.02. The highest BCUT2D eigenvalue weighted by molar-refractivity contribution is 7.93. The van der Waals surface area contributed by atoms with Crippen LogP contribution in [0.4, 0.5) is 24.1 Å². The molecule has 0 bridgehead atoms. The van der Waals surface area contributed by atoms with Gasteiger partial charge in [0.1, 0.15) is 11.6 Å². The van der Waals surface area contributed by atoms with Gasteiger partial charge in [0.25, 0.3) is 0 Å². The molecule has 1 amide bonds. The SMILES string of the molecule is CC(C)(C(=O)Nc1ccc(-c2cccc(OC(F)(F)F)c2)cn1)c1csc(NS(=O)(=O)C2CC2)n1. The van der Waals surface area contributed by atoms with Gasteiger partial charge in [-0.05, 0) is 56.5 Å². The highest BCUT2D eigenvalue weighted by atomic mass is 32.2. The van der Waals surface area contributed by atoms with Gasteiger partial charge in [-0.2, -0.15) is 0 Å². The van der Waals surface area contributed by atoms with Gasteiger partial charge >= 0.3 is 6.36 Å². The minimum Gasteiger partial charge on any atom is -0.406 e. The van der Waals surface area contributed by atoms with Crippen LogP contribution in [0.25, 0.3) is 11.1 Å². The normalized spacial score (nSPS) is 14.4. The molecule has 8 nitrogen and oxygen atoms in total. The first-order chi connectivity index (χ1) is 16.3. The maximum absolute atomic E-state index is 12.9. The summed E-state index contributed by atoms with van der Waals surface area (Å²) in [5, 5.41) is 4.12. The van der Waals surface area contributed by atoms with Gasteiger partial charge in [0, 0.05) is 17.1 Å². The van der Waals surface area contributed by atoms with E-state index in [0.717, 1.165) is 11.3 Å². The van der Waals surface area contributed by atoms with Crippen molar-refractivity contribution in [3.05, 3.63) is 53.7 Å². The topological polar surface area (TPSA) is 110 Å². The number of benzene rings is 1. The van der Waals surface area contributed by atoms with Gasteiger partial charge in [0.05, 0.1) is 16.4 Å². The van der Waals surface area contributed by atoms with Crippen molar-refractivity contribution in [2.45, 2.75) is 43.7 Å².